The Morgan fingerprint density at radius 3 is 2.50 bits per heavy atom. The Labute approximate surface area is 144 Å². The lowest BCUT2D eigenvalue weighted by Gasteiger charge is -2.29. The number of benzene rings is 1. The van der Waals surface area contributed by atoms with Crippen molar-refractivity contribution in [3.05, 3.63) is 48.0 Å². The number of urea groups is 1. The molecule has 2 amide bonds. The summed E-state index contributed by atoms with van der Waals surface area (Å²) in [6.45, 7) is 0.911. The molecule has 24 heavy (non-hydrogen) atoms. The van der Waals surface area contributed by atoms with Gasteiger partial charge in [-0.05, 0) is 49.5 Å². The van der Waals surface area contributed by atoms with Crippen molar-refractivity contribution in [1.82, 2.24) is 10.6 Å². The van der Waals surface area contributed by atoms with Gasteiger partial charge in [0.25, 0.3) is 0 Å². The SMILES string of the molecule is O=C(NCC1CCC(c2ccccc2)CC1)N[C@@H]1C=C[C@H](CO)C1. The van der Waals surface area contributed by atoms with E-state index in [2.05, 4.69) is 41.0 Å². The molecule has 0 heterocycles. The molecule has 0 spiro atoms. The number of aliphatic hydroxyl groups excluding tert-OH is 1. The summed E-state index contributed by atoms with van der Waals surface area (Å²) >= 11 is 0. The minimum Gasteiger partial charge on any atom is -0.396 e. The van der Waals surface area contributed by atoms with Gasteiger partial charge in [0.1, 0.15) is 0 Å². The Kier molecular flexibility index (Phi) is 5.91. The highest BCUT2D eigenvalue weighted by Gasteiger charge is 2.23. The van der Waals surface area contributed by atoms with Gasteiger partial charge in [-0.2, -0.15) is 0 Å². The van der Waals surface area contributed by atoms with Crippen LogP contribution in [0.1, 0.15) is 43.6 Å². The average molecular weight is 328 g/mol. The summed E-state index contributed by atoms with van der Waals surface area (Å²) in [6.07, 6.45) is 9.53. The standard InChI is InChI=1S/C20H28N2O2/c23-14-16-8-11-19(12-16)22-20(24)21-13-15-6-9-18(10-7-15)17-4-2-1-3-5-17/h1-5,8,11,15-16,18-19,23H,6-7,9-10,12-14H2,(H2,21,22,24)/t15?,16-,18?,19+/m0/s1. The van der Waals surface area contributed by atoms with E-state index in [1.54, 1.807) is 0 Å². The minimum absolute atomic E-state index is 0.0518. The first kappa shape index (κ1) is 17.0. The zero-order valence-corrected chi connectivity index (χ0v) is 14.2. The third-order valence-electron chi connectivity index (χ3n) is 5.39. The van der Waals surface area contributed by atoms with Crippen molar-refractivity contribution in [3.8, 4) is 0 Å². The van der Waals surface area contributed by atoms with E-state index < -0.39 is 0 Å². The third-order valence-corrected chi connectivity index (χ3v) is 5.39. The molecule has 2 atom stereocenters. The van der Waals surface area contributed by atoms with E-state index in [1.807, 2.05) is 12.2 Å². The molecular weight excluding hydrogens is 300 g/mol. The van der Waals surface area contributed by atoms with Crippen LogP contribution in [-0.4, -0.2) is 30.3 Å². The van der Waals surface area contributed by atoms with Gasteiger partial charge in [0.05, 0.1) is 0 Å². The highest BCUT2D eigenvalue weighted by Crippen LogP contribution is 2.35. The Balaban J connectivity index is 1.35. The molecule has 2 aliphatic rings. The van der Waals surface area contributed by atoms with Crippen LogP contribution < -0.4 is 10.6 Å². The van der Waals surface area contributed by atoms with E-state index in [0.29, 0.717) is 11.8 Å². The van der Waals surface area contributed by atoms with Gasteiger partial charge < -0.3 is 15.7 Å². The van der Waals surface area contributed by atoms with Crippen molar-refractivity contribution in [2.24, 2.45) is 11.8 Å². The van der Waals surface area contributed by atoms with Gasteiger partial charge in [0, 0.05) is 25.1 Å². The molecule has 2 aliphatic carbocycles. The molecule has 1 aromatic rings. The van der Waals surface area contributed by atoms with Gasteiger partial charge in [-0.15, -0.1) is 0 Å². The normalized spacial score (nSPS) is 29.4. The van der Waals surface area contributed by atoms with E-state index in [1.165, 1.54) is 31.2 Å². The van der Waals surface area contributed by atoms with E-state index in [9.17, 15) is 4.79 Å². The van der Waals surface area contributed by atoms with Crippen LogP contribution >= 0.6 is 0 Å². The fourth-order valence-electron chi connectivity index (χ4n) is 3.90. The first-order valence-corrected chi connectivity index (χ1v) is 9.13. The third kappa shape index (κ3) is 4.60. The average Bonchev–Trinajstić information content (AvgIpc) is 3.09. The largest absolute Gasteiger partial charge is 0.396 e. The molecule has 0 saturated heterocycles. The Morgan fingerprint density at radius 2 is 1.83 bits per heavy atom. The smallest absolute Gasteiger partial charge is 0.315 e. The van der Waals surface area contributed by atoms with Crippen LogP contribution in [0.25, 0.3) is 0 Å². The highest BCUT2D eigenvalue weighted by atomic mass is 16.3. The molecule has 0 aromatic heterocycles. The van der Waals surface area contributed by atoms with Gasteiger partial charge >= 0.3 is 6.03 Å². The lowest BCUT2D eigenvalue weighted by atomic mass is 9.79. The van der Waals surface area contributed by atoms with E-state index in [0.717, 1.165) is 13.0 Å². The molecule has 3 rings (SSSR count). The van der Waals surface area contributed by atoms with Gasteiger partial charge in [0.15, 0.2) is 0 Å². The summed E-state index contributed by atoms with van der Waals surface area (Å²) in [5.41, 5.74) is 1.45. The molecule has 0 bridgehead atoms. The highest BCUT2D eigenvalue weighted by molar-refractivity contribution is 5.74. The summed E-state index contributed by atoms with van der Waals surface area (Å²) in [7, 11) is 0. The molecule has 1 fully saturated rings. The van der Waals surface area contributed by atoms with Crippen molar-refractivity contribution >= 4 is 6.03 Å². The molecule has 0 aliphatic heterocycles. The van der Waals surface area contributed by atoms with Gasteiger partial charge in [0.2, 0.25) is 0 Å². The molecule has 0 unspecified atom stereocenters. The monoisotopic (exact) mass is 328 g/mol. The van der Waals surface area contributed by atoms with Crippen LogP contribution in [0.4, 0.5) is 4.79 Å². The quantitative estimate of drug-likeness (QED) is 0.727. The van der Waals surface area contributed by atoms with Crippen molar-refractivity contribution in [2.45, 2.75) is 44.1 Å². The van der Waals surface area contributed by atoms with Crippen LogP contribution in [0.2, 0.25) is 0 Å². The Hall–Kier alpha value is -1.81. The van der Waals surface area contributed by atoms with Crippen LogP contribution in [0, 0.1) is 11.8 Å². The lowest BCUT2D eigenvalue weighted by Crippen LogP contribution is -2.43. The number of carbonyl (C=O) groups is 1. The zero-order valence-electron chi connectivity index (χ0n) is 14.2. The molecule has 1 aromatic carbocycles. The minimum atomic E-state index is -0.0894. The molecule has 4 nitrogen and oxygen atoms in total. The summed E-state index contributed by atoms with van der Waals surface area (Å²) in [6, 6.07) is 10.7. The number of hydrogen-bond donors (Lipinski definition) is 3. The molecule has 4 heteroatoms. The predicted octanol–water partition coefficient (Wildman–Crippen LogP) is 3.20. The van der Waals surface area contributed by atoms with E-state index in [-0.39, 0.29) is 24.6 Å². The first-order chi connectivity index (χ1) is 11.7. The van der Waals surface area contributed by atoms with Crippen LogP contribution in [0.5, 0.6) is 0 Å². The van der Waals surface area contributed by atoms with E-state index in [4.69, 9.17) is 5.11 Å². The second-order valence-electron chi connectivity index (χ2n) is 7.15. The zero-order chi connectivity index (χ0) is 16.8. The number of carbonyl (C=O) groups excluding carboxylic acids is 1. The molecular formula is C20H28N2O2. The Bertz CT molecular complexity index is 550. The van der Waals surface area contributed by atoms with Crippen molar-refractivity contribution < 1.29 is 9.90 Å². The molecule has 1 saturated carbocycles. The summed E-state index contributed by atoms with van der Waals surface area (Å²) in [5, 5.41) is 15.1. The number of amides is 2. The number of rotatable bonds is 5. The molecule has 130 valence electrons. The maximum atomic E-state index is 12.0. The number of nitrogens with one attached hydrogen (secondary N) is 2. The van der Waals surface area contributed by atoms with Crippen LogP contribution in [-0.2, 0) is 0 Å². The maximum absolute atomic E-state index is 12.0. The topological polar surface area (TPSA) is 61.4 Å². The van der Waals surface area contributed by atoms with Gasteiger partial charge in [-0.1, -0.05) is 42.5 Å². The second kappa shape index (κ2) is 8.34. The summed E-state index contributed by atoms with van der Waals surface area (Å²) in [4.78, 5) is 12.0. The van der Waals surface area contributed by atoms with Crippen molar-refractivity contribution in [2.75, 3.05) is 13.2 Å². The summed E-state index contributed by atoms with van der Waals surface area (Å²) < 4.78 is 0. The van der Waals surface area contributed by atoms with Gasteiger partial charge in [-0.25, -0.2) is 4.79 Å². The second-order valence-corrected chi connectivity index (χ2v) is 7.15. The Morgan fingerprint density at radius 1 is 1.08 bits per heavy atom. The van der Waals surface area contributed by atoms with Crippen LogP contribution in [0.15, 0.2) is 42.5 Å². The fourth-order valence-corrected chi connectivity index (χ4v) is 3.90. The van der Waals surface area contributed by atoms with Crippen LogP contribution in [0.3, 0.4) is 0 Å². The van der Waals surface area contributed by atoms with E-state index >= 15 is 0 Å². The number of aliphatic hydroxyl groups is 1. The molecule has 3 N–H and O–H groups in total. The molecule has 0 radical (unpaired) electrons. The number of hydrogen-bond acceptors (Lipinski definition) is 2. The fraction of sp³-hybridized carbons (Fsp3) is 0.550. The maximum Gasteiger partial charge on any atom is 0.315 e. The summed E-state index contributed by atoms with van der Waals surface area (Å²) in [5.74, 6) is 1.44. The lowest BCUT2D eigenvalue weighted by molar-refractivity contribution is 0.227. The van der Waals surface area contributed by atoms with Crippen molar-refractivity contribution in [3.63, 3.8) is 0 Å². The van der Waals surface area contributed by atoms with Crippen molar-refractivity contribution in [1.29, 1.82) is 0 Å². The van der Waals surface area contributed by atoms with Gasteiger partial charge in [-0.3, -0.25) is 0 Å². The predicted molar refractivity (Wildman–Crippen MR) is 95.8 cm³/mol. The first-order valence-electron chi connectivity index (χ1n) is 9.13.